The van der Waals surface area contributed by atoms with Crippen LogP contribution >= 0.6 is 0 Å². The molecule has 2 N–H and O–H groups in total. The quantitative estimate of drug-likeness (QED) is 0.873. The van der Waals surface area contributed by atoms with Crippen molar-refractivity contribution in [1.29, 1.82) is 0 Å². The number of amides is 1. The average Bonchev–Trinajstić information content (AvgIpc) is 2.84. The standard InChI is InChI=1S/C14H21N3O/c1-17(11-6-12-4-9-16-10-5-12)13(18)14(15)7-2-3-8-14/h4-5,9-10H,2-3,6-8,11,15H2,1H3. The van der Waals surface area contributed by atoms with Crippen molar-refractivity contribution < 1.29 is 4.79 Å². The highest BCUT2D eigenvalue weighted by Gasteiger charge is 2.38. The topological polar surface area (TPSA) is 59.2 Å². The highest BCUT2D eigenvalue weighted by Crippen LogP contribution is 2.28. The Hall–Kier alpha value is -1.42. The van der Waals surface area contributed by atoms with Crippen LogP contribution in [0.25, 0.3) is 0 Å². The summed E-state index contributed by atoms with van der Waals surface area (Å²) in [6, 6.07) is 3.96. The first-order valence-corrected chi connectivity index (χ1v) is 6.55. The molecule has 0 aliphatic heterocycles. The smallest absolute Gasteiger partial charge is 0.242 e. The first kappa shape index (κ1) is 13.0. The summed E-state index contributed by atoms with van der Waals surface area (Å²) in [7, 11) is 1.84. The summed E-state index contributed by atoms with van der Waals surface area (Å²) in [5.41, 5.74) is 6.76. The van der Waals surface area contributed by atoms with Gasteiger partial charge in [0.25, 0.3) is 0 Å². The maximum atomic E-state index is 12.3. The third-order valence-electron chi connectivity index (χ3n) is 3.75. The second kappa shape index (κ2) is 5.48. The number of carbonyl (C=O) groups is 1. The van der Waals surface area contributed by atoms with Gasteiger partial charge in [-0.3, -0.25) is 9.78 Å². The molecule has 1 aromatic rings. The first-order valence-electron chi connectivity index (χ1n) is 6.55. The van der Waals surface area contributed by atoms with Gasteiger partial charge in [-0.2, -0.15) is 0 Å². The molecule has 4 nitrogen and oxygen atoms in total. The molecule has 1 saturated carbocycles. The molecule has 1 heterocycles. The van der Waals surface area contributed by atoms with Crippen LogP contribution in [0.15, 0.2) is 24.5 Å². The molecule has 0 atom stereocenters. The van der Waals surface area contributed by atoms with Gasteiger partial charge in [-0.05, 0) is 37.0 Å². The third kappa shape index (κ3) is 2.88. The minimum atomic E-state index is -0.604. The number of carbonyl (C=O) groups excluding carboxylic acids is 1. The third-order valence-corrected chi connectivity index (χ3v) is 3.75. The minimum Gasteiger partial charge on any atom is -0.344 e. The molecule has 0 saturated heterocycles. The van der Waals surface area contributed by atoms with Crippen LogP contribution in [0.1, 0.15) is 31.2 Å². The van der Waals surface area contributed by atoms with Crippen LogP contribution in [0.2, 0.25) is 0 Å². The molecule has 2 rings (SSSR count). The molecule has 0 unspecified atom stereocenters. The lowest BCUT2D eigenvalue weighted by Gasteiger charge is -2.28. The van der Waals surface area contributed by atoms with E-state index in [0.29, 0.717) is 6.54 Å². The fourth-order valence-corrected chi connectivity index (χ4v) is 2.55. The van der Waals surface area contributed by atoms with Crippen LogP contribution in [0, 0.1) is 0 Å². The largest absolute Gasteiger partial charge is 0.344 e. The van der Waals surface area contributed by atoms with E-state index < -0.39 is 5.54 Å². The van der Waals surface area contributed by atoms with Crippen molar-refractivity contribution in [3.05, 3.63) is 30.1 Å². The van der Waals surface area contributed by atoms with Gasteiger partial charge in [-0.15, -0.1) is 0 Å². The summed E-state index contributed by atoms with van der Waals surface area (Å²) >= 11 is 0. The molecule has 1 fully saturated rings. The Labute approximate surface area is 108 Å². The van der Waals surface area contributed by atoms with Crippen LogP contribution in [0.4, 0.5) is 0 Å². The van der Waals surface area contributed by atoms with Gasteiger partial charge in [0.2, 0.25) is 5.91 Å². The van der Waals surface area contributed by atoms with Gasteiger partial charge in [0, 0.05) is 26.0 Å². The summed E-state index contributed by atoms with van der Waals surface area (Å²) < 4.78 is 0. The molecule has 1 aliphatic rings. The summed E-state index contributed by atoms with van der Waals surface area (Å²) in [6.45, 7) is 0.710. The van der Waals surface area contributed by atoms with E-state index in [0.717, 1.165) is 32.1 Å². The van der Waals surface area contributed by atoms with E-state index in [9.17, 15) is 4.79 Å². The van der Waals surface area contributed by atoms with Crippen molar-refractivity contribution in [1.82, 2.24) is 9.88 Å². The van der Waals surface area contributed by atoms with Gasteiger partial charge in [-0.25, -0.2) is 0 Å². The van der Waals surface area contributed by atoms with E-state index in [1.54, 1.807) is 17.3 Å². The van der Waals surface area contributed by atoms with Crippen LogP contribution in [0.3, 0.4) is 0 Å². The number of hydrogen-bond donors (Lipinski definition) is 1. The Balaban J connectivity index is 1.88. The van der Waals surface area contributed by atoms with Crippen molar-refractivity contribution in [2.75, 3.05) is 13.6 Å². The van der Waals surface area contributed by atoms with Gasteiger partial charge < -0.3 is 10.6 Å². The number of likely N-dealkylation sites (N-methyl/N-ethyl adjacent to an activating group) is 1. The van der Waals surface area contributed by atoms with Gasteiger partial charge in [0.1, 0.15) is 0 Å². The predicted octanol–water partition coefficient (Wildman–Crippen LogP) is 1.35. The second-order valence-corrected chi connectivity index (χ2v) is 5.20. The Morgan fingerprint density at radius 1 is 1.39 bits per heavy atom. The average molecular weight is 247 g/mol. The first-order chi connectivity index (χ1) is 8.62. The van der Waals surface area contributed by atoms with Crippen LogP contribution in [-0.2, 0) is 11.2 Å². The Bertz CT molecular complexity index is 399. The van der Waals surface area contributed by atoms with E-state index in [4.69, 9.17) is 5.73 Å². The van der Waals surface area contributed by atoms with Crippen molar-refractivity contribution in [2.24, 2.45) is 5.73 Å². The Kier molecular flexibility index (Phi) is 3.97. The van der Waals surface area contributed by atoms with E-state index in [1.165, 1.54) is 5.56 Å². The fraction of sp³-hybridized carbons (Fsp3) is 0.571. The normalized spacial score (nSPS) is 17.7. The molecular formula is C14H21N3O. The molecule has 18 heavy (non-hydrogen) atoms. The zero-order valence-electron chi connectivity index (χ0n) is 10.9. The predicted molar refractivity (Wildman–Crippen MR) is 71.0 cm³/mol. The van der Waals surface area contributed by atoms with Crippen LogP contribution < -0.4 is 5.73 Å². The molecule has 1 aliphatic carbocycles. The van der Waals surface area contributed by atoms with Crippen molar-refractivity contribution in [3.63, 3.8) is 0 Å². The molecule has 1 amide bonds. The highest BCUT2D eigenvalue weighted by atomic mass is 16.2. The molecule has 0 bridgehead atoms. The zero-order valence-corrected chi connectivity index (χ0v) is 10.9. The van der Waals surface area contributed by atoms with Crippen molar-refractivity contribution >= 4 is 5.91 Å². The number of hydrogen-bond acceptors (Lipinski definition) is 3. The lowest BCUT2D eigenvalue weighted by molar-refractivity contribution is -0.135. The number of rotatable bonds is 4. The van der Waals surface area contributed by atoms with E-state index in [2.05, 4.69) is 4.98 Å². The van der Waals surface area contributed by atoms with Crippen molar-refractivity contribution in [3.8, 4) is 0 Å². The lowest BCUT2D eigenvalue weighted by Crippen LogP contribution is -2.52. The fourth-order valence-electron chi connectivity index (χ4n) is 2.55. The van der Waals surface area contributed by atoms with Crippen LogP contribution in [-0.4, -0.2) is 34.9 Å². The number of aromatic nitrogens is 1. The number of nitrogens with two attached hydrogens (primary N) is 1. The summed E-state index contributed by atoms with van der Waals surface area (Å²) in [4.78, 5) is 18.0. The van der Waals surface area contributed by atoms with E-state index >= 15 is 0 Å². The van der Waals surface area contributed by atoms with Gasteiger partial charge in [0.05, 0.1) is 5.54 Å². The Morgan fingerprint density at radius 3 is 2.61 bits per heavy atom. The van der Waals surface area contributed by atoms with Crippen molar-refractivity contribution in [2.45, 2.75) is 37.6 Å². The molecule has 0 radical (unpaired) electrons. The second-order valence-electron chi connectivity index (χ2n) is 5.20. The van der Waals surface area contributed by atoms with Gasteiger partial charge in [-0.1, -0.05) is 12.8 Å². The molecule has 0 aromatic carbocycles. The molecule has 1 aromatic heterocycles. The molecule has 4 heteroatoms. The summed E-state index contributed by atoms with van der Waals surface area (Å²) in [6.07, 6.45) is 8.19. The van der Waals surface area contributed by atoms with E-state index in [1.807, 2.05) is 19.2 Å². The maximum Gasteiger partial charge on any atom is 0.242 e. The van der Waals surface area contributed by atoms with Crippen LogP contribution in [0.5, 0.6) is 0 Å². The number of nitrogens with zero attached hydrogens (tertiary/aromatic N) is 2. The Morgan fingerprint density at radius 2 is 2.00 bits per heavy atom. The van der Waals surface area contributed by atoms with Gasteiger partial charge >= 0.3 is 0 Å². The molecule has 98 valence electrons. The monoisotopic (exact) mass is 247 g/mol. The highest BCUT2D eigenvalue weighted by molar-refractivity contribution is 5.86. The van der Waals surface area contributed by atoms with E-state index in [-0.39, 0.29) is 5.91 Å². The molecule has 0 spiro atoms. The molecular weight excluding hydrogens is 226 g/mol. The maximum absolute atomic E-state index is 12.3. The SMILES string of the molecule is CN(CCc1ccncc1)C(=O)C1(N)CCCC1. The summed E-state index contributed by atoms with van der Waals surface area (Å²) in [5.74, 6) is 0.0917. The summed E-state index contributed by atoms with van der Waals surface area (Å²) in [5, 5.41) is 0. The number of pyridine rings is 1. The van der Waals surface area contributed by atoms with Gasteiger partial charge in [0.15, 0.2) is 0 Å². The lowest BCUT2D eigenvalue weighted by atomic mass is 9.97. The zero-order chi connectivity index (χ0) is 13.0. The minimum absolute atomic E-state index is 0.0917.